The Balaban J connectivity index is 1.12. The van der Waals surface area contributed by atoms with Gasteiger partial charge in [-0.2, -0.15) is 16.8 Å². The van der Waals surface area contributed by atoms with Gasteiger partial charge in [-0.15, -0.1) is 11.3 Å². The standard InChI is InChI=1S/C29H23N3O11S3/c30-27-24(21(33)23(40-27)19-10-5-11-39-19)42-46(37,38)15-17-8-4-9-18(12-17)20-13-32-29(44-20)26-22(34)25(28(31)41-26)43-45(35,36)14-16-6-2-1-3-7-16/h1-13,23,26H,14-15,30-31H2. The molecule has 2 aromatic heterocycles. The van der Waals surface area contributed by atoms with Crippen LogP contribution in [-0.2, 0) is 59.2 Å². The fraction of sp³-hybridized carbons (Fsp3) is 0.138. The second-order valence-electron chi connectivity index (χ2n) is 9.95. The number of ether oxygens (including phenoxy) is 2. The fourth-order valence-corrected chi connectivity index (χ4v) is 7.64. The normalized spacial score (nSPS) is 18.5. The highest BCUT2D eigenvalue weighted by molar-refractivity contribution is 7.86. The van der Waals surface area contributed by atoms with Crippen LogP contribution in [0.5, 0.6) is 0 Å². The lowest BCUT2D eigenvalue weighted by Gasteiger charge is -2.08. The monoisotopic (exact) mass is 685 g/mol. The number of carbonyl (C=O) groups is 2. The predicted octanol–water partition coefficient (Wildman–Crippen LogP) is 3.03. The molecule has 2 aliphatic heterocycles. The van der Waals surface area contributed by atoms with Gasteiger partial charge in [-0.25, -0.2) is 4.98 Å². The Labute approximate surface area is 266 Å². The number of Topliss-reactive ketones (excluding diaryl/α,β-unsaturated/α-hetero) is 2. The number of hydrogen-bond donors (Lipinski definition) is 2. The maximum Gasteiger partial charge on any atom is 0.313 e. The Morgan fingerprint density at radius 3 is 2.02 bits per heavy atom. The number of benzene rings is 2. The van der Waals surface area contributed by atoms with E-state index in [0.717, 1.165) is 11.3 Å². The number of furan rings is 1. The predicted molar refractivity (Wildman–Crippen MR) is 160 cm³/mol. The molecule has 0 radical (unpaired) electrons. The van der Waals surface area contributed by atoms with E-state index in [2.05, 4.69) is 4.98 Å². The van der Waals surface area contributed by atoms with Crippen LogP contribution < -0.4 is 11.5 Å². The molecule has 4 N–H and O–H groups in total. The molecule has 2 aromatic carbocycles. The van der Waals surface area contributed by atoms with Gasteiger partial charge in [0, 0.05) is 6.20 Å². The number of aromatic nitrogens is 1. The number of thiazole rings is 1. The quantitative estimate of drug-likeness (QED) is 0.217. The molecule has 2 aliphatic rings. The molecule has 238 valence electrons. The largest absolute Gasteiger partial charge is 0.465 e. The Kier molecular flexibility index (Phi) is 8.05. The highest BCUT2D eigenvalue weighted by atomic mass is 32.2. The van der Waals surface area contributed by atoms with E-state index >= 15 is 0 Å². The van der Waals surface area contributed by atoms with E-state index < -0.39 is 78.8 Å². The van der Waals surface area contributed by atoms with Crippen LogP contribution in [-0.4, -0.2) is 33.4 Å². The molecule has 2 unspecified atom stereocenters. The minimum Gasteiger partial charge on any atom is -0.465 e. The molecule has 0 spiro atoms. The van der Waals surface area contributed by atoms with Gasteiger partial charge in [0.05, 0.1) is 11.1 Å². The zero-order chi connectivity index (χ0) is 32.6. The van der Waals surface area contributed by atoms with Crippen molar-refractivity contribution < 1.29 is 48.7 Å². The molecule has 4 heterocycles. The number of hydrogen-bond acceptors (Lipinski definition) is 15. The third kappa shape index (κ3) is 6.46. The van der Waals surface area contributed by atoms with Crippen LogP contribution in [0.2, 0.25) is 0 Å². The second-order valence-corrected chi connectivity index (χ2v) is 14.1. The molecule has 0 fully saturated rings. The summed E-state index contributed by atoms with van der Waals surface area (Å²) >= 11 is 1.05. The zero-order valence-corrected chi connectivity index (χ0v) is 25.8. The number of rotatable bonds is 11. The third-order valence-corrected chi connectivity index (χ3v) is 9.88. The first-order valence-electron chi connectivity index (χ1n) is 13.3. The minimum absolute atomic E-state index is 0.139. The van der Waals surface area contributed by atoms with E-state index in [1.165, 1.54) is 30.7 Å². The summed E-state index contributed by atoms with van der Waals surface area (Å²) in [7, 11) is -8.59. The van der Waals surface area contributed by atoms with Crippen LogP contribution in [0.4, 0.5) is 0 Å². The number of nitrogens with zero attached hydrogens (tertiary/aromatic N) is 1. The SMILES string of the molecule is NC1=C(OS(=O)(=O)Cc2cccc(-c3cnc(C4OC(N)=C(OS(=O)(=O)Cc5ccccc5)C4=O)s3)c2)C(=O)C(c2ccco2)O1. The van der Waals surface area contributed by atoms with Crippen molar-refractivity contribution >= 4 is 43.1 Å². The van der Waals surface area contributed by atoms with E-state index in [1.54, 1.807) is 48.5 Å². The lowest BCUT2D eigenvalue weighted by molar-refractivity contribution is -0.124. The first-order valence-corrected chi connectivity index (χ1v) is 17.2. The van der Waals surface area contributed by atoms with Gasteiger partial charge < -0.3 is 33.7 Å². The summed E-state index contributed by atoms with van der Waals surface area (Å²) in [5, 5.41) is 0.164. The molecular formula is C29H23N3O11S3. The van der Waals surface area contributed by atoms with Crippen LogP contribution in [0.1, 0.15) is 34.1 Å². The summed E-state index contributed by atoms with van der Waals surface area (Å²) < 4.78 is 76.9. The van der Waals surface area contributed by atoms with Crippen molar-refractivity contribution in [2.75, 3.05) is 0 Å². The van der Waals surface area contributed by atoms with Crippen LogP contribution in [0.3, 0.4) is 0 Å². The van der Waals surface area contributed by atoms with Gasteiger partial charge in [0.2, 0.25) is 35.5 Å². The molecule has 17 heteroatoms. The van der Waals surface area contributed by atoms with Crippen molar-refractivity contribution in [1.29, 1.82) is 0 Å². The molecular weight excluding hydrogens is 663 g/mol. The van der Waals surface area contributed by atoms with E-state index in [-0.39, 0.29) is 10.8 Å². The average Bonchev–Trinajstić information content (AvgIpc) is 3.81. The van der Waals surface area contributed by atoms with Gasteiger partial charge in [-0.1, -0.05) is 48.5 Å². The topological polar surface area (TPSA) is 217 Å². The molecule has 0 bridgehead atoms. The Morgan fingerprint density at radius 2 is 1.37 bits per heavy atom. The average molecular weight is 686 g/mol. The summed E-state index contributed by atoms with van der Waals surface area (Å²) in [6.45, 7) is 0. The molecule has 0 saturated heterocycles. The first kappa shape index (κ1) is 30.9. The van der Waals surface area contributed by atoms with E-state index in [1.807, 2.05) is 0 Å². The van der Waals surface area contributed by atoms with Crippen molar-refractivity contribution in [3.05, 3.63) is 124 Å². The van der Waals surface area contributed by atoms with Gasteiger partial charge in [0.15, 0.2) is 5.76 Å². The zero-order valence-electron chi connectivity index (χ0n) is 23.4. The van der Waals surface area contributed by atoms with Gasteiger partial charge in [-0.3, -0.25) is 9.59 Å². The molecule has 6 rings (SSSR count). The third-order valence-electron chi connectivity index (χ3n) is 6.57. The van der Waals surface area contributed by atoms with Crippen molar-refractivity contribution in [3.8, 4) is 10.4 Å². The van der Waals surface area contributed by atoms with Gasteiger partial charge in [0.1, 0.15) is 16.5 Å². The summed E-state index contributed by atoms with van der Waals surface area (Å²) in [5.41, 5.74) is 12.8. The van der Waals surface area contributed by atoms with Gasteiger partial charge >= 0.3 is 20.2 Å². The second kappa shape index (κ2) is 12.0. The molecule has 46 heavy (non-hydrogen) atoms. The summed E-state index contributed by atoms with van der Waals surface area (Å²) in [6, 6.07) is 17.7. The van der Waals surface area contributed by atoms with Crippen LogP contribution >= 0.6 is 11.3 Å². The van der Waals surface area contributed by atoms with Crippen molar-refractivity contribution in [1.82, 2.24) is 4.98 Å². The highest BCUT2D eigenvalue weighted by Gasteiger charge is 2.42. The Bertz CT molecular complexity index is 2100. The summed E-state index contributed by atoms with van der Waals surface area (Å²) in [6.07, 6.45) is 0.171. The summed E-state index contributed by atoms with van der Waals surface area (Å²) in [5.74, 6) is -4.84. The van der Waals surface area contributed by atoms with Crippen molar-refractivity contribution in [3.63, 3.8) is 0 Å². The van der Waals surface area contributed by atoms with Crippen LogP contribution in [0.15, 0.2) is 107 Å². The van der Waals surface area contributed by atoms with Crippen molar-refractivity contribution in [2.24, 2.45) is 11.5 Å². The Morgan fingerprint density at radius 1 is 0.761 bits per heavy atom. The van der Waals surface area contributed by atoms with E-state index in [9.17, 15) is 26.4 Å². The lowest BCUT2D eigenvalue weighted by atomic mass is 10.1. The van der Waals surface area contributed by atoms with E-state index in [0.29, 0.717) is 21.6 Å². The molecule has 0 saturated carbocycles. The smallest absolute Gasteiger partial charge is 0.313 e. The fourth-order valence-electron chi connectivity index (χ4n) is 4.56. The molecule has 2 atom stereocenters. The maximum absolute atomic E-state index is 13.1. The first-order chi connectivity index (χ1) is 21.9. The lowest BCUT2D eigenvalue weighted by Crippen LogP contribution is -2.16. The van der Waals surface area contributed by atoms with Crippen molar-refractivity contribution in [2.45, 2.75) is 23.7 Å². The molecule has 4 aromatic rings. The number of ketones is 2. The number of carbonyl (C=O) groups excluding carboxylic acids is 2. The van der Waals surface area contributed by atoms with E-state index in [4.69, 9.17) is 33.7 Å². The Hall–Kier alpha value is -5.13. The molecule has 14 nitrogen and oxygen atoms in total. The maximum atomic E-state index is 13.1. The number of nitrogens with two attached hydrogens (primary N) is 2. The van der Waals surface area contributed by atoms with Crippen LogP contribution in [0.25, 0.3) is 10.4 Å². The van der Waals surface area contributed by atoms with Crippen LogP contribution in [0, 0.1) is 0 Å². The molecule has 0 aliphatic carbocycles. The summed E-state index contributed by atoms with van der Waals surface area (Å²) in [4.78, 5) is 30.5. The minimum atomic E-state index is -4.37. The van der Waals surface area contributed by atoms with Gasteiger partial charge in [-0.05, 0) is 34.9 Å². The molecule has 0 amide bonds. The highest BCUT2D eigenvalue weighted by Crippen LogP contribution is 2.38. The van der Waals surface area contributed by atoms with Gasteiger partial charge in [0.25, 0.3) is 11.6 Å².